The largest absolute Gasteiger partial charge is 0.507 e. The molecule has 0 aromatic heterocycles. The van der Waals surface area contributed by atoms with Crippen LogP contribution in [0.25, 0.3) is 0 Å². The fourth-order valence-corrected chi connectivity index (χ4v) is 5.14. The number of ether oxygens (including phenoxy) is 2. The molecular weight excluding hydrogens is 426 g/mol. The van der Waals surface area contributed by atoms with Crippen LogP contribution in [0, 0.1) is 5.41 Å². The second kappa shape index (κ2) is 6.87. The highest BCUT2D eigenvalue weighted by Gasteiger charge is 2.56. The Balaban J connectivity index is 1.65. The van der Waals surface area contributed by atoms with E-state index in [1.807, 2.05) is 13.8 Å². The third-order valence-corrected chi connectivity index (χ3v) is 7.22. The van der Waals surface area contributed by atoms with Gasteiger partial charge in [-0.15, -0.1) is 0 Å². The van der Waals surface area contributed by atoms with Gasteiger partial charge in [0.2, 0.25) is 0 Å². The number of ketones is 2. The number of fused-ring (bicyclic) bond motifs is 3. The van der Waals surface area contributed by atoms with E-state index in [-0.39, 0.29) is 51.6 Å². The Labute approximate surface area is 190 Å². The Morgan fingerprint density at radius 3 is 2.00 bits per heavy atom. The maximum atomic E-state index is 13.2. The van der Waals surface area contributed by atoms with Crippen molar-refractivity contribution in [2.75, 3.05) is 13.2 Å². The van der Waals surface area contributed by atoms with Crippen molar-refractivity contribution in [3.8, 4) is 11.5 Å². The molecule has 0 radical (unpaired) electrons. The number of aliphatic hydroxyl groups excluding tert-OH is 1. The summed E-state index contributed by atoms with van der Waals surface area (Å²) in [6.07, 6.45) is -1.39. The molecule has 5 rings (SSSR count). The first kappa shape index (κ1) is 22.0. The number of benzene rings is 2. The van der Waals surface area contributed by atoms with Gasteiger partial charge in [0.05, 0.1) is 36.0 Å². The van der Waals surface area contributed by atoms with Gasteiger partial charge in [0.15, 0.2) is 17.4 Å². The van der Waals surface area contributed by atoms with Gasteiger partial charge in [-0.2, -0.15) is 0 Å². The summed E-state index contributed by atoms with van der Waals surface area (Å²) in [4.78, 5) is 26.4. The quantitative estimate of drug-likeness (QED) is 0.412. The highest BCUT2D eigenvalue weighted by atomic mass is 16.7. The number of carbonyl (C=O) groups is 2. The van der Waals surface area contributed by atoms with Gasteiger partial charge in [-0.3, -0.25) is 9.59 Å². The fraction of sp³-hybridized carbons (Fsp3) is 0.440. The van der Waals surface area contributed by atoms with Gasteiger partial charge >= 0.3 is 0 Å². The third-order valence-electron chi connectivity index (χ3n) is 7.22. The number of hydrogen-bond acceptors (Lipinski definition) is 8. The van der Waals surface area contributed by atoms with E-state index in [2.05, 4.69) is 0 Å². The molecule has 2 atom stereocenters. The lowest BCUT2D eigenvalue weighted by Gasteiger charge is -2.53. The normalized spacial score (nSPS) is 27.5. The Hall–Kier alpha value is -2.78. The molecule has 8 heteroatoms. The number of hydrogen-bond donors (Lipinski definition) is 4. The molecule has 2 aliphatic carbocycles. The summed E-state index contributed by atoms with van der Waals surface area (Å²) in [7, 11) is 0. The molecule has 0 saturated carbocycles. The minimum atomic E-state index is -1.31. The molecule has 2 aromatic carbocycles. The predicted molar refractivity (Wildman–Crippen MR) is 117 cm³/mol. The molecule has 0 amide bonds. The van der Waals surface area contributed by atoms with Gasteiger partial charge in [-0.1, -0.05) is 38.1 Å². The van der Waals surface area contributed by atoms with Crippen molar-refractivity contribution in [1.82, 2.24) is 0 Å². The number of nitrogens with two attached hydrogens (primary N) is 1. The SMILES string of the molecule is CC1(C)COC(C)(C2(N)Cc3c(O)c4c(c(O)c3C(O)C2)C(=O)c2ccccc2C4=O)OC1. The minimum absolute atomic E-state index is 0.00703. The molecule has 2 aromatic rings. The van der Waals surface area contributed by atoms with Crippen molar-refractivity contribution < 1.29 is 34.4 Å². The van der Waals surface area contributed by atoms with Crippen molar-refractivity contribution >= 4 is 11.6 Å². The summed E-state index contributed by atoms with van der Waals surface area (Å²) in [5.74, 6) is -3.39. The van der Waals surface area contributed by atoms with Crippen LogP contribution in [-0.2, 0) is 15.9 Å². The third kappa shape index (κ3) is 2.98. The predicted octanol–water partition coefficient (Wildman–Crippen LogP) is 2.34. The van der Waals surface area contributed by atoms with Crippen LogP contribution in [0.1, 0.15) is 76.3 Å². The molecule has 1 aliphatic heterocycles. The topological polar surface area (TPSA) is 139 Å². The van der Waals surface area contributed by atoms with Crippen molar-refractivity contribution in [2.45, 2.75) is 51.0 Å². The number of carbonyl (C=O) groups excluding carboxylic acids is 2. The van der Waals surface area contributed by atoms with Crippen LogP contribution in [0.4, 0.5) is 0 Å². The van der Waals surface area contributed by atoms with Gasteiger partial charge in [0.25, 0.3) is 0 Å². The van der Waals surface area contributed by atoms with E-state index in [0.29, 0.717) is 13.2 Å². The first-order valence-corrected chi connectivity index (χ1v) is 10.9. The molecule has 33 heavy (non-hydrogen) atoms. The summed E-state index contributed by atoms with van der Waals surface area (Å²) in [6.45, 7) is 6.46. The van der Waals surface area contributed by atoms with Crippen LogP contribution in [-0.4, -0.2) is 51.4 Å². The van der Waals surface area contributed by atoms with E-state index in [0.717, 1.165) is 0 Å². The van der Waals surface area contributed by atoms with Gasteiger partial charge in [-0.25, -0.2) is 0 Å². The van der Waals surface area contributed by atoms with Crippen LogP contribution in [0.2, 0.25) is 0 Å². The van der Waals surface area contributed by atoms with E-state index in [9.17, 15) is 24.9 Å². The molecule has 1 saturated heterocycles. The number of phenolic OH excluding ortho intramolecular Hbond substituents is 2. The van der Waals surface area contributed by atoms with E-state index in [1.54, 1.807) is 19.1 Å². The van der Waals surface area contributed by atoms with Crippen LogP contribution in [0.15, 0.2) is 24.3 Å². The molecule has 0 spiro atoms. The molecule has 1 heterocycles. The first-order valence-electron chi connectivity index (χ1n) is 10.9. The summed E-state index contributed by atoms with van der Waals surface area (Å²) in [5, 5.41) is 33.3. The van der Waals surface area contributed by atoms with Crippen molar-refractivity contribution in [1.29, 1.82) is 0 Å². The minimum Gasteiger partial charge on any atom is -0.507 e. The van der Waals surface area contributed by atoms with Crippen molar-refractivity contribution in [3.05, 3.63) is 57.6 Å². The zero-order valence-corrected chi connectivity index (χ0v) is 18.8. The van der Waals surface area contributed by atoms with Crippen molar-refractivity contribution in [2.24, 2.45) is 11.1 Å². The smallest absolute Gasteiger partial charge is 0.198 e. The van der Waals surface area contributed by atoms with Crippen LogP contribution < -0.4 is 5.73 Å². The van der Waals surface area contributed by atoms with Gasteiger partial charge in [0, 0.05) is 34.1 Å². The highest BCUT2D eigenvalue weighted by molar-refractivity contribution is 6.30. The first-order chi connectivity index (χ1) is 15.4. The summed E-state index contributed by atoms with van der Waals surface area (Å²) in [6, 6.07) is 6.24. The average molecular weight is 453 g/mol. The molecular formula is C25H27NO7. The monoisotopic (exact) mass is 453 g/mol. The molecule has 0 bridgehead atoms. The standard InChI is InChI=1S/C25H27NO7/c1-23(2)10-32-24(3,33-11-23)25(26)8-14-16(15(27)9-25)22(31)18-17(21(14)30)19(28)12-6-4-5-7-13(12)20(18)29/h4-7,15,27,30-31H,8-11,26H2,1-3H3. The molecule has 1 fully saturated rings. The van der Waals surface area contributed by atoms with Crippen LogP contribution in [0.5, 0.6) is 11.5 Å². The van der Waals surface area contributed by atoms with E-state index in [4.69, 9.17) is 15.2 Å². The lowest BCUT2D eigenvalue weighted by molar-refractivity contribution is -0.321. The Morgan fingerprint density at radius 2 is 1.45 bits per heavy atom. The Bertz CT molecular complexity index is 1210. The number of rotatable bonds is 1. The molecule has 174 valence electrons. The lowest BCUT2D eigenvalue weighted by Crippen LogP contribution is -2.67. The van der Waals surface area contributed by atoms with E-state index < -0.39 is 40.5 Å². The van der Waals surface area contributed by atoms with Crippen molar-refractivity contribution in [3.63, 3.8) is 0 Å². The molecule has 2 unspecified atom stereocenters. The van der Waals surface area contributed by atoms with Crippen LogP contribution >= 0.6 is 0 Å². The van der Waals surface area contributed by atoms with E-state index >= 15 is 0 Å². The van der Waals surface area contributed by atoms with Gasteiger partial charge in [0.1, 0.15) is 11.5 Å². The Morgan fingerprint density at radius 1 is 0.939 bits per heavy atom. The lowest BCUT2D eigenvalue weighted by atomic mass is 9.69. The van der Waals surface area contributed by atoms with Gasteiger partial charge < -0.3 is 30.5 Å². The second-order valence-corrected chi connectivity index (χ2v) is 10.3. The highest BCUT2D eigenvalue weighted by Crippen LogP contribution is 2.52. The molecule has 8 nitrogen and oxygen atoms in total. The number of aromatic hydroxyl groups is 2. The Kier molecular flexibility index (Phi) is 4.58. The van der Waals surface area contributed by atoms with Crippen LogP contribution in [0.3, 0.4) is 0 Å². The van der Waals surface area contributed by atoms with Gasteiger partial charge in [-0.05, 0) is 13.3 Å². The fourth-order valence-electron chi connectivity index (χ4n) is 5.14. The molecule has 5 N–H and O–H groups in total. The number of aliphatic hydroxyl groups is 1. The number of phenols is 2. The second-order valence-electron chi connectivity index (χ2n) is 10.3. The van der Waals surface area contributed by atoms with E-state index in [1.165, 1.54) is 12.1 Å². The maximum Gasteiger partial charge on any atom is 0.198 e. The zero-order valence-electron chi connectivity index (χ0n) is 18.8. The zero-order chi connectivity index (χ0) is 23.9. The molecule has 3 aliphatic rings. The maximum absolute atomic E-state index is 13.2. The summed E-state index contributed by atoms with van der Waals surface area (Å²) in [5.41, 5.74) is 5.10. The summed E-state index contributed by atoms with van der Waals surface area (Å²) < 4.78 is 12.1. The summed E-state index contributed by atoms with van der Waals surface area (Å²) >= 11 is 0. The average Bonchev–Trinajstić information content (AvgIpc) is 2.76.